The molecule has 1 aromatic carbocycles. The highest BCUT2D eigenvalue weighted by Crippen LogP contribution is 2.23. The van der Waals surface area contributed by atoms with Crippen molar-refractivity contribution in [2.75, 3.05) is 44.2 Å². The molecule has 0 radical (unpaired) electrons. The van der Waals surface area contributed by atoms with Gasteiger partial charge in [0, 0.05) is 56.9 Å². The number of nitrogens with zero attached hydrogens (tertiary/aromatic N) is 4. The Morgan fingerprint density at radius 2 is 1.57 bits per heavy atom. The number of halogens is 2. The number of rotatable bonds is 3. The fraction of sp³-hybridized carbons (Fsp3) is 0.409. The second-order valence-corrected chi connectivity index (χ2v) is 8.16. The molecule has 1 aromatic heterocycles. The second-order valence-electron chi connectivity index (χ2n) is 7.72. The molecule has 158 valence electrons. The molecule has 0 atom stereocenters. The van der Waals surface area contributed by atoms with Crippen LogP contribution in [0.25, 0.3) is 0 Å². The monoisotopic (exact) mass is 430 g/mol. The Labute approximate surface area is 180 Å². The van der Waals surface area contributed by atoms with Crippen LogP contribution in [-0.4, -0.2) is 65.9 Å². The van der Waals surface area contributed by atoms with Crippen LogP contribution in [0.5, 0.6) is 0 Å². The Bertz CT molecular complexity index is 890. The van der Waals surface area contributed by atoms with E-state index < -0.39 is 0 Å². The predicted octanol–water partition coefficient (Wildman–Crippen LogP) is 3.08. The minimum absolute atomic E-state index is 0.0533. The van der Waals surface area contributed by atoms with E-state index in [0.29, 0.717) is 49.6 Å². The average Bonchev–Trinajstić information content (AvgIpc) is 2.79. The number of anilines is 1. The topological polar surface area (TPSA) is 56.8 Å². The third kappa shape index (κ3) is 4.56. The number of likely N-dealkylation sites (tertiary alicyclic amines) is 1. The van der Waals surface area contributed by atoms with Crippen LogP contribution in [0.2, 0.25) is 5.02 Å². The van der Waals surface area contributed by atoms with Crippen molar-refractivity contribution in [2.45, 2.75) is 12.8 Å². The van der Waals surface area contributed by atoms with Crippen molar-refractivity contribution in [3.05, 3.63) is 59.0 Å². The molecule has 2 aliphatic rings. The van der Waals surface area contributed by atoms with Crippen LogP contribution < -0.4 is 4.90 Å². The van der Waals surface area contributed by atoms with Gasteiger partial charge < -0.3 is 14.7 Å². The van der Waals surface area contributed by atoms with Gasteiger partial charge in [-0.15, -0.1) is 0 Å². The summed E-state index contributed by atoms with van der Waals surface area (Å²) in [4.78, 5) is 35.7. The summed E-state index contributed by atoms with van der Waals surface area (Å²) in [5.74, 6) is 0.530. The molecular weight excluding hydrogens is 407 g/mol. The molecule has 0 aliphatic carbocycles. The predicted molar refractivity (Wildman–Crippen MR) is 113 cm³/mol. The zero-order valence-corrected chi connectivity index (χ0v) is 17.4. The molecule has 0 N–H and O–H groups in total. The summed E-state index contributed by atoms with van der Waals surface area (Å²) in [6.07, 6.45) is 2.95. The third-order valence-corrected chi connectivity index (χ3v) is 6.07. The van der Waals surface area contributed by atoms with Crippen LogP contribution in [0.3, 0.4) is 0 Å². The Balaban J connectivity index is 1.27. The van der Waals surface area contributed by atoms with E-state index >= 15 is 0 Å². The van der Waals surface area contributed by atoms with Gasteiger partial charge in [0.15, 0.2) is 0 Å². The largest absolute Gasteiger partial charge is 0.353 e. The SMILES string of the molecule is O=C(c1ccc(F)cc1)N1CCC(C(=O)N2CCN(c3ccc(Cl)cn3)CC2)CC1. The molecule has 30 heavy (non-hydrogen) atoms. The molecule has 6 nitrogen and oxygen atoms in total. The van der Waals surface area contributed by atoms with E-state index in [4.69, 9.17) is 11.6 Å². The molecule has 3 heterocycles. The number of aromatic nitrogens is 1. The van der Waals surface area contributed by atoms with E-state index in [2.05, 4.69) is 9.88 Å². The number of benzene rings is 1. The Hall–Kier alpha value is -2.67. The summed E-state index contributed by atoms with van der Waals surface area (Å²) in [6.45, 7) is 3.89. The minimum atomic E-state index is -0.359. The number of amides is 2. The third-order valence-electron chi connectivity index (χ3n) is 5.85. The first kappa shape index (κ1) is 20.6. The van der Waals surface area contributed by atoms with Gasteiger partial charge in [-0.25, -0.2) is 9.37 Å². The molecule has 2 aromatic rings. The number of carbonyl (C=O) groups is 2. The summed E-state index contributed by atoms with van der Waals surface area (Å²) in [5, 5.41) is 0.608. The first-order valence-electron chi connectivity index (χ1n) is 10.2. The Morgan fingerprint density at radius 3 is 2.17 bits per heavy atom. The van der Waals surface area contributed by atoms with Gasteiger partial charge in [-0.1, -0.05) is 11.6 Å². The maximum atomic E-state index is 13.1. The van der Waals surface area contributed by atoms with E-state index in [-0.39, 0.29) is 23.5 Å². The number of hydrogen-bond donors (Lipinski definition) is 0. The van der Waals surface area contributed by atoms with Crippen LogP contribution in [-0.2, 0) is 4.79 Å². The van der Waals surface area contributed by atoms with Gasteiger partial charge in [0.25, 0.3) is 5.91 Å². The molecule has 0 unspecified atom stereocenters. The van der Waals surface area contributed by atoms with Crippen molar-refractivity contribution in [3.63, 3.8) is 0 Å². The van der Waals surface area contributed by atoms with Gasteiger partial charge in [0.05, 0.1) is 5.02 Å². The van der Waals surface area contributed by atoms with E-state index in [9.17, 15) is 14.0 Å². The summed E-state index contributed by atoms with van der Waals surface area (Å²) in [7, 11) is 0. The fourth-order valence-electron chi connectivity index (χ4n) is 4.07. The van der Waals surface area contributed by atoms with Crippen LogP contribution >= 0.6 is 11.6 Å². The second kappa shape index (κ2) is 9.00. The van der Waals surface area contributed by atoms with Crippen molar-refractivity contribution >= 4 is 29.2 Å². The zero-order valence-electron chi connectivity index (χ0n) is 16.6. The van der Waals surface area contributed by atoms with E-state index in [1.807, 2.05) is 17.0 Å². The first-order valence-corrected chi connectivity index (χ1v) is 10.6. The van der Waals surface area contributed by atoms with Gasteiger partial charge in [0.1, 0.15) is 11.6 Å². The van der Waals surface area contributed by atoms with Crippen molar-refractivity contribution in [1.29, 1.82) is 0 Å². The highest BCUT2D eigenvalue weighted by atomic mass is 35.5. The average molecular weight is 431 g/mol. The highest BCUT2D eigenvalue weighted by molar-refractivity contribution is 6.30. The number of pyridine rings is 1. The molecule has 0 spiro atoms. The molecule has 2 aliphatic heterocycles. The van der Waals surface area contributed by atoms with Gasteiger partial charge in [-0.05, 0) is 49.2 Å². The van der Waals surface area contributed by atoms with E-state index in [1.165, 1.54) is 24.3 Å². The minimum Gasteiger partial charge on any atom is -0.353 e. The molecule has 2 fully saturated rings. The summed E-state index contributed by atoms with van der Waals surface area (Å²) >= 11 is 5.90. The quantitative estimate of drug-likeness (QED) is 0.751. The van der Waals surface area contributed by atoms with Gasteiger partial charge in [0.2, 0.25) is 5.91 Å². The molecule has 0 saturated carbocycles. The van der Waals surface area contributed by atoms with Crippen LogP contribution in [0.1, 0.15) is 23.2 Å². The Morgan fingerprint density at radius 1 is 0.900 bits per heavy atom. The van der Waals surface area contributed by atoms with Gasteiger partial charge in [-0.2, -0.15) is 0 Å². The molecule has 4 rings (SSSR count). The maximum absolute atomic E-state index is 13.1. The molecule has 2 saturated heterocycles. The van der Waals surface area contributed by atoms with Crippen LogP contribution in [0.15, 0.2) is 42.6 Å². The standard InChI is InChI=1S/C22H24ClFN4O2/c23-18-3-6-20(25-15-18)26-11-13-28(14-12-26)22(30)17-7-9-27(10-8-17)21(29)16-1-4-19(24)5-2-16/h1-6,15,17H,7-14H2. The first-order chi connectivity index (χ1) is 14.5. The summed E-state index contributed by atoms with van der Waals surface area (Å²) in [5.41, 5.74) is 0.480. The number of carbonyl (C=O) groups excluding carboxylic acids is 2. The number of piperidine rings is 1. The van der Waals surface area contributed by atoms with Gasteiger partial charge in [-0.3, -0.25) is 9.59 Å². The van der Waals surface area contributed by atoms with Crippen LogP contribution in [0.4, 0.5) is 10.2 Å². The summed E-state index contributed by atoms with van der Waals surface area (Å²) in [6, 6.07) is 9.31. The zero-order chi connectivity index (χ0) is 21.1. The lowest BCUT2D eigenvalue weighted by atomic mass is 9.94. The lowest BCUT2D eigenvalue weighted by Gasteiger charge is -2.39. The van der Waals surface area contributed by atoms with Crippen molar-refractivity contribution in [2.24, 2.45) is 5.92 Å². The van der Waals surface area contributed by atoms with Crippen molar-refractivity contribution in [3.8, 4) is 0 Å². The van der Waals surface area contributed by atoms with E-state index in [0.717, 1.165) is 18.9 Å². The van der Waals surface area contributed by atoms with Crippen molar-refractivity contribution < 1.29 is 14.0 Å². The van der Waals surface area contributed by atoms with E-state index in [1.54, 1.807) is 11.1 Å². The lowest BCUT2D eigenvalue weighted by molar-refractivity contribution is -0.137. The van der Waals surface area contributed by atoms with Crippen molar-refractivity contribution in [1.82, 2.24) is 14.8 Å². The molecule has 8 heteroatoms. The van der Waals surface area contributed by atoms with Gasteiger partial charge >= 0.3 is 0 Å². The number of hydrogen-bond acceptors (Lipinski definition) is 4. The lowest BCUT2D eigenvalue weighted by Crippen LogP contribution is -2.52. The molecular formula is C22H24ClFN4O2. The Kier molecular flexibility index (Phi) is 6.18. The highest BCUT2D eigenvalue weighted by Gasteiger charge is 2.32. The smallest absolute Gasteiger partial charge is 0.253 e. The molecule has 0 bridgehead atoms. The molecule has 2 amide bonds. The summed E-state index contributed by atoms with van der Waals surface area (Å²) < 4.78 is 13.1. The number of piperazine rings is 1. The van der Waals surface area contributed by atoms with Crippen LogP contribution in [0, 0.1) is 11.7 Å². The normalized spacial score (nSPS) is 17.9. The maximum Gasteiger partial charge on any atom is 0.253 e. The fourth-order valence-corrected chi connectivity index (χ4v) is 4.19.